The van der Waals surface area contributed by atoms with Gasteiger partial charge in [0, 0.05) is 35.6 Å². The molecule has 1 aromatic carbocycles. The van der Waals surface area contributed by atoms with Crippen LogP contribution >= 0.6 is 42.7 Å². The fourth-order valence-corrected chi connectivity index (χ4v) is 5.77. The Balaban J connectivity index is 3.40. The van der Waals surface area contributed by atoms with Gasteiger partial charge in [-0.2, -0.15) is 0 Å². The van der Waals surface area contributed by atoms with Crippen LogP contribution in [-0.2, 0) is 34.2 Å². The predicted molar refractivity (Wildman–Crippen MR) is 136 cm³/mol. The lowest BCUT2D eigenvalue weighted by atomic mass is 9.78. The summed E-state index contributed by atoms with van der Waals surface area (Å²) in [7, 11) is -2.12. The molecule has 0 aromatic heterocycles. The number of benzene rings is 1. The van der Waals surface area contributed by atoms with Crippen molar-refractivity contribution in [2.45, 2.75) is 71.0 Å². The quantitative estimate of drug-likeness (QED) is 0.228. The maximum absolute atomic E-state index is 12.6. The Morgan fingerprint density at radius 1 is 1.16 bits per heavy atom. The number of carbonyl (C=O) groups is 1. The summed E-state index contributed by atoms with van der Waals surface area (Å²) in [5.41, 5.74) is 0.630. The second-order valence-corrected chi connectivity index (χ2v) is 18.0. The molecule has 0 aliphatic heterocycles. The van der Waals surface area contributed by atoms with Crippen LogP contribution in [0.4, 0.5) is 0 Å². The number of aliphatic carboxylic acids is 1. The molecule has 0 bridgehead atoms. The van der Waals surface area contributed by atoms with Gasteiger partial charge in [-0.15, -0.1) is 0 Å². The lowest BCUT2D eigenvalue weighted by Crippen LogP contribution is -2.41. The summed E-state index contributed by atoms with van der Waals surface area (Å²) >= 11 is 3.38. The van der Waals surface area contributed by atoms with Crippen molar-refractivity contribution in [1.29, 1.82) is 0 Å². The molecule has 1 N–H and O–H groups in total. The topological polar surface area (TPSA) is 91.3 Å². The van der Waals surface area contributed by atoms with Crippen molar-refractivity contribution in [2.75, 3.05) is 6.61 Å². The van der Waals surface area contributed by atoms with Gasteiger partial charge in [0.05, 0.1) is 6.42 Å². The predicted octanol–water partition coefficient (Wildman–Crippen LogP) is 6.87. The molecule has 0 heterocycles. The molecule has 0 radical (unpaired) electrons. The molecule has 0 fully saturated rings. The standard InChI is InChI=1S/C19H34BrO7P3Si/c1-18(2,3)31(6,7)24-9-8-19(4,5)17-13(11-16(21)22)10-14(20)12-15(17)25-30(23,26-28)27-29/h10,12H,8-9,11,28-29H2,1-7H3,(H,21,22). The second-order valence-electron chi connectivity index (χ2n) is 9.50. The molecule has 0 aliphatic rings. The molecule has 178 valence electrons. The van der Waals surface area contributed by atoms with E-state index in [2.05, 4.69) is 49.8 Å². The molecular formula is C19H34BrO7P3Si. The average Bonchev–Trinajstić information content (AvgIpc) is 2.58. The van der Waals surface area contributed by atoms with E-state index in [0.717, 1.165) is 0 Å². The van der Waals surface area contributed by atoms with Crippen LogP contribution in [0.5, 0.6) is 5.75 Å². The van der Waals surface area contributed by atoms with Crippen LogP contribution in [0, 0.1) is 0 Å². The van der Waals surface area contributed by atoms with E-state index in [1.54, 1.807) is 12.1 Å². The van der Waals surface area contributed by atoms with E-state index < -0.39 is 27.5 Å². The second kappa shape index (κ2) is 11.1. The van der Waals surface area contributed by atoms with Crippen LogP contribution in [0.3, 0.4) is 0 Å². The zero-order valence-electron chi connectivity index (χ0n) is 19.2. The molecule has 1 aromatic rings. The molecule has 0 spiro atoms. The fourth-order valence-electron chi connectivity index (χ4n) is 2.87. The Hall–Kier alpha value is 0.157. The monoisotopic (exact) mass is 574 g/mol. The third-order valence-corrected chi connectivity index (χ3v) is 13.1. The molecule has 0 saturated carbocycles. The summed E-state index contributed by atoms with van der Waals surface area (Å²) in [5, 5.41) is 9.53. The summed E-state index contributed by atoms with van der Waals surface area (Å²) in [6.45, 7) is 15.4. The van der Waals surface area contributed by atoms with Gasteiger partial charge in [0.15, 0.2) is 8.32 Å². The molecule has 0 aliphatic carbocycles. The fraction of sp³-hybridized carbons (Fsp3) is 0.632. The number of halogens is 1. The van der Waals surface area contributed by atoms with Gasteiger partial charge in [0.25, 0.3) is 0 Å². The van der Waals surface area contributed by atoms with E-state index >= 15 is 0 Å². The van der Waals surface area contributed by atoms with Gasteiger partial charge in [-0.3, -0.25) is 13.4 Å². The summed E-state index contributed by atoms with van der Waals surface area (Å²) in [6, 6.07) is 3.37. The van der Waals surface area contributed by atoms with Crippen LogP contribution in [0.15, 0.2) is 16.6 Å². The van der Waals surface area contributed by atoms with Crippen molar-refractivity contribution < 1.29 is 32.0 Å². The highest BCUT2D eigenvalue weighted by atomic mass is 79.9. The first-order valence-electron chi connectivity index (χ1n) is 9.73. The van der Waals surface area contributed by atoms with E-state index in [9.17, 15) is 14.5 Å². The number of carboxylic acids is 1. The van der Waals surface area contributed by atoms with Crippen LogP contribution in [0.2, 0.25) is 18.1 Å². The third kappa shape index (κ3) is 8.15. The lowest BCUT2D eigenvalue weighted by Gasteiger charge is -2.38. The van der Waals surface area contributed by atoms with Gasteiger partial charge in [0.2, 0.25) is 0 Å². The summed E-state index contributed by atoms with van der Waals surface area (Å²) in [5.74, 6) is -0.748. The van der Waals surface area contributed by atoms with Crippen molar-refractivity contribution in [1.82, 2.24) is 0 Å². The van der Waals surface area contributed by atoms with Crippen LogP contribution in [0.25, 0.3) is 0 Å². The smallest absolute Gasteiger partial charge is 0.481 e. The molecule has 7 nitrogen and oxygen atoms in total. The Labute approximate surface area is 199 Å². The Kier molecular flexibility index (Phi) is 10.4. The number of hydrogen-bond acceptors (Lipinski definition) is 6. The molecule has 31 heavy (non-hydrogen) atoms. The number of carboxylic acid groups (broad SMARTS) is 1. The third-order valence-electron chi connectivity index (χ3n) is 5.63. The zero-order valence-corrected chi connectivity index (χ0v) is 24.9. The molecule has 2 unspecified atom stereocenters. The molecule has 0 saturated heterocycles. The largest absolute Gasteiger partial charge is 0.535 e. The van der Waals surface area contributed by atoms with Gasteiger partial charge in [-0.1, -0.05) is 50.5 Å². The molecule has 2 atom stereocenters. The van der Waals surface area contributed by atoms with Crippen LogP contribution in [0.1, 0.15) is 52.2 Å². The van der Waals surface area contributed by atoms with E-state index in [1.165, 1.54) is 0 Å². The van der Waals surface area contributed by atoms with Gasteiger partial charge in [-0.25, -0.2) is 4.57 Å². The van der Waals surface area contributed by atoms with E-state index in [4.69, 9.17) is 17.6 Å². The highest BCUT2D eigenvalue weighted by molar-refractivity contribution is 9.10. The van der Waals surface area contributed by atoms with Gasteiger partial charge < -0.3 is 14.1 Å². The summed E-state index contributed by atoms with van der Waals surface area (Å²) in [6.07, 6.45) is 0.392. The summed E-state index contributed by atoms with van der Waals surface area (Å²) < 4.78 is 34.9. The molecule has 12 heteroatoms. The first-order valence-corrected chi connectivity index (χ1v) is 15.8. The highest BCUT2D eigenvalue weighted by Crippen LogP contribution is 2.55. The molecule has 1 rings (SSSR count). The SMILES string of the molecule is CC(C)(CCO[Si](C)(C)C(C)(C)C)c1c(CC(=O)O)cc(Br)cc1OP(=O)(OP)OP. The minimum Gasteiger partial charge on any atom is -0.481 e. The average molecular weight is 575 g/mol. The Morgan fingerprint density at radius 3 is 2.16 bits per heavy atom. The van der Waals surface area contributed by atoms with E-state index in [-0.39, 0.29) is 17.2 Å². The lowest BCUT2D eigenvalue weighted by molar-refractivity contribution is -0.136. The molecule has 0 amide bonds. The van der Waals surface area contributed by atoms with Crippen molar-refractivity contribution in [3.05, 3.63) is 27.7 Å². The summed E-state index contributed by atoms with van der Waals surface area (Å²) in [4.78, 5) is 11.5. The van der Waals surface area contributed by atoms with Gasteiger partial charge in [-0.05, 0) is 47.7 Å². The van der Waals surface area contributed by atoms with E-state index in [1.807, 2.05) is 32.8 Å². The molecular weight excluding hydrogens is 541 g/mol. The van der Waals surface area contributed by atoms with Gasteiger partial charge in [0.1, 0.15) is 5.75 Å². The number of rotatable bonds is 11. The number of phosphoric acid groups is 1. The Bertz CT molecular complexity index is 833. The zero-order chi connectivity index (χ0) is 24.3. The first kappa shape index (κ1) is 29.2. The first-order chi connectivity index (χ1) is 14.0. The van der Waals surface area contributed by atoms with Crippen molar-refractivity contribution >= 4 is 57.0 Å². The maximum atomic E-state index is 12.6. The normalized spacial score (nSPS) is 13.4. The van der Waals surface area contributed by atoms with Crippen molar-refractivity contribution in [3.63, 3.8) is 0 Å². The maximum Gasteiger partial charge on any atom is 0.535 e. The van der Waals surface area contributed by atoms with E-state index in [0.29, 0.717) is 28.6 Å². The minimum atomic E-state index is -3.91. The van der Waals surface area contributed by atoms with Crippen molar-refractivity contribution in [3.8, 4) is 5.75 Å². The van der Waals surface area contributed by atoms with Crippen LogP contribution < -0.4 is 4.52 Å². The minimum absolute atomic E-state index is 0.0798. The number of hydrogen-bond donors (Lipinski definition) is 1. The van der Waals surface area contributed by atoms with Crippen molar-refractivity contribution in [2.24, 2.45) is 0 Å². The highest BCUT2D eigenvalue weighted by Gasteiger charge is 2.38. The van der Waals surface area contributed by atoms with Gasteiger partial charge >= 0.3 is 13.8 Å². The van der Waals surface area contributed by atoms with Crippen LogP contribution in [-0.4, -0.2) is 26.0 Å². The Morgan fingerprint density at radius 2 is 1.71 bits per heavy atom.